The van der Waals surface area contributed by atoms with E-state index in [1.165, 1.54) is 12.8 Å². The Kier molecular flexibility index (Phi) is 8.96. The van der Waals surface area contributed by atoms with Crippen molar-refractivity contribution in [3.63, 3.8) is 0 Å². The van der Waals surface area contributed by atoms with Crippen LogP contribution in [0.4, 0.5) is 0 Å². The zero-order valence-corrected chi connectivity index (χ0v) is 12.0. The van der Waals surface area contributed by atoms with E-state index in [0.29, 0.717) is 6.04 Å². The lowest BCUT2D eigenvalue weighted by molar-refractivity contribution is 0.237. The van der Waals surface area contributed by atoms with Crippen molar-refractivity contribution in [3.8, 4) is 0 Å². The average molecular weight is 240 g/mol. The minimum Gasteiger partial charge on any atom is -0.309 e. The molecule has 0 aromatic heterocycles. The molecule has 0 bridgehead atoms. The van der Waals surface area contributed by atoms with Crippen LogP contribution in [0.25, 0.3) is 0 Å². The highest BCUT2D eigenvalue weighted by Gasteiger charge is 2.16. The fraction of sp³-hybridized carbons (Fsp3) is 0.923. The molecule has 0 aliphatic rings. The van der Waals surface area contributed by atoms with Gasteiger partial charge in [-0.05, 0) is 60.4 Å². The molecule has 100 valence electrons. The molecule has 2 unspecified atom stereocenters. The molecule has 1 N–H and O–H groups in total. The highest BCUT2D eigenvalue weighted by atomic mass is 15.1. The Morgan fingerprint density at radius 1 is 1.24 bits per heavy atom. The molecule has 0 saturated heterocycles. The summed E-state index contributed by atoms with van der Waals surface area (Å²) in [6.45, 7) is 3.26. The Morgan fingerprint density at radius 3 is 2.29 bits per heavy atom. The van der Waals surface area contributed by atoms with E-state index in [-0.39, 0.29) is 6.04 Å². The Balaban J connectivity index is 4.17. The topological polar surface area (TPSA) is 42.7 Å². The summed E-state index contributed by atoms with van der Waals surface area (Å²) in [4.78, 5) is 8.59. The molecule has 17 heavy (non-hydrogen) atoms. The average Bonchev–Trinajstić information content (AvgIpc) is 2.25. The van der Waals surface area contributed by atoms with Crippen molar-refractivity contribution >= 4 is 6.01 Å². The first-order valence-electron chi connectivity index (χ1n) is 6.44. The molecule has 0 heterocycles. The van der Waals surface area contributed by atoms with Gasteiger partial charge in [-0.25, -0.2) is 10.4 Å². The summed E-state index contributed by atoms with van der Waals surface area (Å²) < 4.78 is 0. The zero-order valence-electron chi connectivity index (χ0n) is 12.0. The molecule has 0 aliphatic heterocycles. The van der Waals surface area contributed by atoms with Gasteiger partial charge < -0.3 is 9.80 Å². The van der Waals surface area contributed by atoms with Gasteiger partial charge in [0.2, 0.25) is 0 Å². The van der Waals surface area contributed by atoms with Gasteiger partial charge in [0.1, 0.15) is 0 Å². The molecule has 0 saturated carbocycles. The monoisotopic (exact) mass is 240 g/mol. The van der Waals surface area contributed by atoms with E-state index in [2.05, 4.69) is 55.9 Å². The zero-order chi connectivity index (χ0) is 13.3. The maximum absolute atomic E-state index is 6.95. The second kappa shape index (κ2) is 9.34. The second-order valence-corrected chi connectivity index (χ2v) is 5.10. The Morgan fingerprint density at radius 2 is 1.88 bits per heavy atom. The summed E-state index contributed by atoms with van der Waals surface area (Å²) >= 11 is 0. The van der Waals surface area contributed by atoms with Crippen molar-refractivity contribution in [2.24, 2.45) is 4.99 Å². The van der Waals surface area contributed by atoms with E-state index in [9.17, 15) is 0 Å². The summed E-state index contributed by atoms with van der Waals surface area (Å²) in [5, 5.41) is 6.95. The van der Waals surface area contributed by atoms with Crippen molar-refractivity contribution in [1.82, 2.24) is 9.80 Å². The van der Waals surface area contributed by atoms with Crippen molar-refractivity contribution in [3.05, 3.63) is 0 Å². The Bertz CT molecular complexity index is 232. The van der Waals surface area contributed by atoms with Gasteiger partial charge in [-0.2, -0.15) is 0 Å². The van der Waals surface area contributed by atoms with Crippen molar-refractivity contribution < 1.29 is 0 Å². The van der Waals surface area contributed by atoms with Gasteiger partial charge in [-0.15, -0.1) is 0 Å². The van der Waals surface area contributed by atoms with Crippen LogP contribution >= 0.6 is 0 Å². The minimum atomic E-state index is 0.249. The smallest absolute Gasteiger partial charge is 0.0864 e. The van der Waals surface area contributed by atoms with Gasteiger partial charge in [0.05, 0.1) is 12.1 Å². The van der Waals surface area contributed by atoms with Crippen LogP contribution in [-0.4, -0.2) is 62.6 Å². The van der Waals surface area contributed by atoms with Gasteiger partial charge in [0.25, 0.3) is 0 Å². The Hall–Kier alpha value is -0.700. The van der Waals surface area contributed by atoms with Crippen LogP contribution in [0.1, 0.15) is 32.6 Å². The van der Waals surface area contributed by atoms with E-state index in [1.807, 2.05) is 0 Å². The molecule has 0 aromatic carbocycles. The summed E-state index contributed by atoms with van der Waals surface area (Å²) in [5.41, 5.74) is 0. The molecular formula is C13H28N4. The summed E-state index contributed by atoms with van der Waals surface area (Å²) in [6.07, 6.45) is 4.42. The molecule has 2 atom stereocenters. The lowest BCUT2D eigenvalue weighted by Gasteiger charge is -2.27. The highest BCUT2D eigenvalue weighted by molar-refractivity contribution is 5.36. The standard InChI is InChI=1S/C13H28N4/c1-6-12(15-11-14)10-13(17(4)5)8-7-9-16(2)3/h12-14H,6-10H2,1-5H3. The second-order valence-electron chi connectivity index (χ2n) is 5.10. The van der Waals surface area contributed by atoms with E-state index >= 15 is 0 Å². The third-order valence-electron chi connectivity index (χ3n) is 3.14. The van der Waals surface area contributed by atoms with Gasteiger partial charge >= 0.3 is 0 Å². The third kappa shape index (κ3) is 8.08. The van der Waals surface area contributed by atoms with Crippen LogP contribution < -0.4 is 0 Å². The predicted octanol–water partition coefficient (Wildman–Crippen LogP) is 2.18. The summed E-state index contributed by atoms with van der Waals surface area (Å²) in [7, 11) is 8.47. The van der Waals surface area contributed by atoms with Gasteiger partial charge in [0, 0.05) is 6.04 Å². The van der Waals surface area contributed by atoms with Crippen LogP contribution in [0.2, 0.25) is 0 Å². The largest absolute Gasteiger partial charge is 0.309 e. The maximum Gasteiger partial charge on any atom is 0.0864 e. The molecular weight excluding hydrogens is 212 g/mol. The summed E-state index contributed by atoms with van der Waals surface area (Å²) in [5.74, 6) is 0. The molecule has 0 aromatic rings. The first-order valence-corrected chi connectivity index (χ1v) is 6.44. The highest BCUT2D eigenvalue weighted by Crippen LogP contribution is 2.14. The van der Waals surface area contributed by atoms with Crippen LogP contribution in [0.15, 0.2) is 4.99 Å². The van der Waals surface area contributed by atoms with E-state index in [1.54, 1.807) is 0 Å². The Labute approximate surface area is 106 Å². The lowest BCUT2D eigenvalue weighted by atomic mass is 10.00. The molecule has 0 spiro atoms. The predicted molar refractivity (Wildman–Crippen MR) is 74.1 cm³/mol. The van der Waals surface area contributed by atoms with Crippen LogP contribution in [-0.2, 0) is 0 Å². The molecule has 0 amide bonds. The van der Waals surface area contributed by atoms with Crippen LogP contribution in [0.5, 0.6) is 0 Å². The van der Waals surface area contributed by atoms with Crippen molar-refractivity contribution in [1.29, 1.82) is 5.41 Å². The number of aliphatic imine (C=N–C) groups is 1. The first kappa shape index (κ1) is 16.3. The van der Waals surface area contributed by atoms with E-state index in [0.717, 1.165) is 19.4 Å². The molecule has 0 radical (unpaired) electrons. The normalized spacial score (nSPS) is 14.8. The van der Waals surface area contributed by atoms with Crippen molar-refractivity contribution in [2.75, 3.05) is 34.7 Å². The molecule has 0 aliphatic carbocycles. The van der Waals surface area contributed by atoms with Gasteiger partial charge in [-0.1, -0.05) is 6.92 Å². The molecule has 0 rings (SSSR count). The molecule has 4 heteroatoms. The van der Waals surface area contributed by atoms with E-state index in [4.69, 9.17) is 5.41 Å². The third-order valence-corrected chi connectivity index (χ3v) is 3.14. The number of hydrogen-bond acceptors (Lipinski definition) is 4. The van der Waals surface area contributed by atoms with Crippen LogP contribution in [0, 0.1) is 5.41 Å². The molecule has 4 nitrogen and oxygen atoms in total. The maximum atomic E-state index is 6.95. The molecule has 0 fully saturated rings. The fourth-order valence-corrected chi connectivity index (χ4v) is 1.95. The number of hydrogen-bond donors (Lipinski definition) is 1. The lowest BCUT2D eigenvalue weighted by Crippen LogP contribution is -2.32. The van der Waals surface area contributed by atoms with E-state index < -0.39 is 0 Å². The van der Waals surface area contributed by atoms with Gasteiger partial charge in [-0.3, -0.25) is 0 Å². The quantitative estimate of drug-likeness (QED) is 0.628. The van der Waals surface area contributed by atoms with Crippen LogP contribution in [0.3, 0.4) is 0 Å². The number of nitrogens with one attached hydrogen (secondary N) is 1. The minimum absolute atomic E-state index is 0.249. The van der Waals surface area contributed by atoms with Gasteiger partial charge in [0.15, 0.2) is 0 Å². The fourth-order valence-electron chi connectivity index (χ4n) is 1.95. The number of nitrogens with zero attached hydrogens (tertiary/aromatic N) is 3. The first-order chi connectivity index (χ1) is 8.01. The number of rotatable bonds is 9. The SMILES string of the molecule is CCC(CC(CCCN(C)C)N(C)C)N=C=N. The van der Waals surface area contributed by atoms with Crippen molar-refractivity contribution in [2.45, 2.75) is 44.7 Å². The summed E-state index contributed by atoms with van der Waals surface area (Å²) in [6, 6.07) is 2.99.